The molecule has 0 aliphatic rings. The van der Waals surface area contributed by atoms with E-state index in [1.807, 2.05) is 25.1 Å². The highest BCUT2D eigenvalue weighted by Gasteiger charge is 2.09. The first-order valence-electron chi connectivity index (χ1n) is 6.56. The molecule has 1 aromatic rings. The zero-order chi connectivity index (χ0) is 14.3. The van der Waals surface area contributed by atoms with Crippen LogP contribution in [0.2, 0.25) is 0 Å². The Kier molecular flexibility index (Phi) is 6.31. The average Bonchev–Trinajstić information content (AvgIpc) is 2.33. The molecule has 108 valence electrons. The maximum Gasteiger partial charge on any atom is 0.148 e. The summed E-state index contributed by atoms with van der Waals surface area (Å²) in [7, 11) is -0.828. The summed E-state index contributed by atoms with van der Waals surface area (Å²) in [5.74, 6) is 0.196. The van der Waals surface area contributed by atoms with E-state index in [2.05, 4.69) is 29.4 Å². The second kappa shape index (κ2) is 7.50. The molecule has 1 atom stereocenters. The molecule has 0 saturated heterocycles. The molecule has 0 aliphatic carbocycles. The third-order valence-corrected chi connectivity index (χ3v) is 4.02. The third kappa shape index (κ3) is 7.18. The fourth-order valence-electron chi connectivity index (χ4n) is 1.99. The van der Waals surface area contributed by atoms with Gasteiger partial charge in [-0.1, -0.05) is 18.2 Å². The van der Waals surface area contributed by atoms with Crippen molar-refractivity contribution in [2.75, 3.05) is 37.0 Å². The molecule has 1 N–H and O–H groups in total. The summed E-state index contributed by atoms with van der Waals surface area (Å²) in [4.78, 5) is 2.20. The summed E-state index contributed by atoms with van der Waals surface area (Å²) in [6, 6.07) is 10.2. The number of nitrogens with zero attached hydrogens (tertiary/aromatic N) is 1. The molecule has 0 spiro atoms. The Labute approximate surface area is 116 Å². The lowest BCUT2D eigenvalue weighted by Crippen LogP contribution is -2.34. The van der Waals surface area contributed by atoms with Crippen molar-refractivity contribution >= 4 is 15.5 Å². The Morgan fingerprint density at radius 1 is 1.26 bits per heavy atom. The first kappa shape index (κ1) is 16.0. The van der Waals surface area contributed by atoms with E-state index in [0.717, 1.165) is 19.5 Å². The van der Waals surface area contributed by atoms with Crippen molar-refractivity contribution in [2.24, 2.45) is 0 Å². The van der Waals surface area contributed by atoms with Crippen LogP contribution in [0.1, 0.15) is 13.3 Å². The van der Waals surface area contributed by atoms with E-state index in [1.54, 1.807) is 0 Å². The Morgan fingerprint density at radius 2 is 1.89 bits per heavy atom. The number of para-hydroxylation sites is 1. The number of nitrogens with one attached hydrogen (secondary N) is 1. The first-order chi connectivity index (χ1) is 8.88. The van der Waals surface area contributed by atoms with Gasteiger partial charge in [0.15, 0.2) is 0 Å². The van der Waals surface area contributed by atoms with Crippen molar-refractivity contribution in [1.82, 2.24) is 5.32 Å². The summed E-state index contributed by atoms with van der Waals surface area (Å²) in [6.07, 6.45) is 2.26. The molecule has 0 heterocycles. The number of rotatable bonds is 8. The predicted molar refractivity (Wildman–Crippen MR) is 81.5 cm³/mol. The second-order valence-electron chi connectivity index (χ2n) is 5.06. The van der Waals surface area contributed by atoms with Gasteiger partial charge >= 0.3 is 0 Å². The van der Waals surface area contributed by atoms with Crippen LogP contribution in [0.4, 0.5) is 5.69 Å². The number of hydrogen-bond acceptors (Lipinski definition) is 4. The number of benzene rings is 1. The van der Waals surface area contributed by atoms with Gasteiger partial charge in [0.05, 0.1) is 5.75 Å². The molecule has 1 unspecified atom stereocenters. The summed E-state index contributed by atoms with van der Waals surface area (Å²) < 4.78 is 22.2. The minimum Gasteiger partial charge on any atom is -0.375 e. The number of sulfone groups is 1. The average molecular weight is 284 g/mol. The van der Waals surface area contributed by atoms with Gasteiger partial charge in [0.25, 0.3) is 0 Å². The van der Waals surface area contributed by atoms with Crippen LogP contribution in [0.5, 0.6) is 0 Å². The van der Waals surface area contributed by atoms with E-state index in [4.69, 9.17) is 0 Å². The quantitative estimate of drug-likeness (QED) is 0.736. The van der Waals surface area contributed by atoms with Gasteiger partial charge in [-0.2, -0.15) is 0 Å². The smallest absolute Gasteiger partial charge is 0.148 e. The Balaban J connectivity index is 2.21. The van der Waals surface area contributed by atoms with Gasteiger partial charge in [-0.05, 0) is 32.0 Å². The van der Waals surface area contributed by atoms with Crippen LogP contribution in [0, 0.1) is 0 Å². The molecule has 1 aromatic carbocycles. The highest BCUT2D eigenvalue weighted by molar-refractivity contribution is 7.90. The van der Waals surface area contributed by atoms with Crippen LogP contribution in [-0.4, -0.2) is 46.6 Å². The SMILES string of the molecule is CC(CS(C)(=O)=O)NCCCN(C)c1ccccc1. The van der Waals surface area contributed by atoms with Crippen molar-refractivity contribution in [3.8, 4) is 0 Å². The molecule has 4 nitrogen and oxygen atoms in total. The van der Waals surface area contributed by atoms with E-state index < -0.39 is 9.84 Å². The van der Waals surface area contributed by atoms with Crippen molar-refractivity contribution in [2.45, 2.75) is 19.4 Å². The van der Waals surface area contributed by atoms with Gasteiger partial charge in [-0.3, -0.25) is 0 Å². The number of hydrogen-bond donors (Lipinski definition) is 1. The second-order valence-corrected chi connectivity index (χ2v) is 7.24. The molecule has 5 heteroatoms. The van der Waals surface area contributed by atoms with Crippen LogP contribution < -0.4 is 10.2 Å². The zero-order valence-corrected chi connectivity index (χ0v) is 12.8. The summed E-state index contributed by atoms with van der Waals surface area (Å²) in [5.41, 5.74) is 1.20. The van der Waals surface area contributed by atoms with Gasteiger partial charge in [-0.15, -0.1) is 0 Å². The van der Waals surface area contributed by atoms with Gasteiger partial charge < -0.3 is 10.2 Å². The lowest BCUT2D eigenvalue weighted by atomic mass is 10.3. The van der Waals surface area contributed by atoms with E-state index >= 15 is 0 Å². The highest BCUT2D eigenvalue weighted by atomic mass is 32.2. The largest absolute Gasteiger partial charge is 0.375 e. The highest BCUT2D eigenvalue weighted by Crippen LogP contribution is 2.10. The third-order valence-electron chi connectivity index (χ3n) is 2.91. The van der Waals surface area contributed by atoms with E-state index in [0.29, 0.717) is 0 Å². The molecule has 0 fully saturated rings. The van der Waals surface area contributed by atoms with Crippen molar-refractivity contribution in [3.05, 3.63) is 30.3 Å². The molecule has 19 heavy (non-hydrogen) atoms. The Morgan fingerprint density at radius 3 is 2.47 bits per heavy atom. The molecule has 0 amide bonds. The standard InChI is InChI=1S/C14H24N2O2S/c1-13(12-19(3,17)18)15-10-7-11-16(2)14-8-5-4-6-9-14/h4-6,8-9,13,15H,7,10-12H2,1-3H3. The number of anilines is 1. The molecular formula is C14H24N2O2S. The lowest BCUT2D eigenvalue weighted by Gasteiger charge is -2.20. The van der Waals surface area contributed by atoms with Gasteiger partial charge in [0, 0.05) is 31.6 Å². The van der Waals surface area contributed by atoms with Crippen LogP contribution in [-0.2, 0) is 9.84 Å². The minimum absolute atomic E-state index is 0.0111. The molecule has 0 radical (unpaired) electrons. The first-order valence-corrected chi connectivity index (χ1v) is 8.62. The summed E-state index contributed by atoms with van der Waals surface area (Å²) in [5, 5.41) is 3.24. The minimum atomic E-state index is -2.89. The fourth-order valence-corrected chi connectivity index (χ4v) is 3.02. The van der Waals surface area contributed by atoms with Crippen molar-refractivity contribution < 1.29 is 8.42 Å². The Hall–Kier alpha value is -1.07. The summed E-state index contributed by atoms with van der Waals surface area (Å²) in [6.45, 7) is 3.68. The zero-order valence-electron chi connectivity index (χ0n) is 12.0. The topological polar surface area (TPSA) is 49.4 Å². The predicted octanol–water partition coefficient (Wildman–Crippen LogP) is 1.54. The van der Waals surface area contributed by atoms with Gasteiger partial charge in [0.1, 0.15) is 9.84 Å². The fraction of sp³-hybridized carbons (Fsp3) is 0.571. The molecule has 0 bridgehead atoms. The van der Waals surface area contributed by atoms with E-state index in [1.165, 1.54) is 11.9 Å². The van der Waals surface area contributed by atoms with Crippen LogP contribution in [0.3, 0.4) is 0 Å². The molecule has 0 aliphatic heterocycles. The van der Waals surface area contributed by atoms with Crippen molar-refractivity contribution in [1.29, 1.82) is 0 Å². The van der Waals surface area contributed by atoms with E-state index in [-0.39, 0.29) is 11.8 Å². The molecular weight excluding hydrogens is 260 g/mol. The summed E-state index contributed by atoms with van der Waals surface area (Å²) >= 11 is 0. The normalized spacial score (nSPS) is 13.2. The van der Waals surface area contributed by atoms with Crippen molar-refractivity contribution in [3.63, 3.8) is 0 Å². The monoisotopic (exact) mass is 284 g/mol. The lowest BCUT2D eigenvalue weighted by molar-refractivity contribution is 0.551. The van der Waals surface area contributed by atoms with Crippen LogP contribution in [0.15, 0.2) is 30.3 Å². The molecule has 1 rings (SSSR count). The van der Waals surface area contributed by atoms with Crippen LogP contribution in [0.25, 0.3) is 0 Å². The maximum absolute atomic E-state index is 11.1. The van der Waals surface area contributed by atoms with Gasteiger partial charge in [-0.25, -0.2) is 8.42 Å². The van der Waals surface area contributed by atoms with Crippen LogP contribution >= 0.6 is 0 Å². The Bertz CT molecular complexity index is 460. The molecule has 0 aromatic heterocycles. The maximum atomic E-state index is 11.1. The van der Waals surface area contributed by atoms with Gasteiger partial charge in [0.2, 0.25) is 0 Å². The molecule has 0 saturated carbocycles. The van der Waals surface area contributed by atoms with E-state index in [9.17, 15) is 8.42 Å².